The van der Waals surface area contributed by atoms with Gasteiger partial charge in [-0.05, 0) is 30.5 Å². The molecule has 0 aliphatic heterocycles. The first-order valence-electron chi connectivity index (χ1n) is 5.62. The average Bonchev–Trinajstić information content (AvgIpc) is 2.98. The highest BCUT2D eigenvalue weighted by atomic mass is 16.4. The molecule has 1 saturated carbocycles. The Bertz CT molecular complexity index is 446. The Morgan fingerprint density at radius 2 is 1.88 bits per heavy atom. The molecular weight excluding hydrogens is 218 g/mol. The van der Waals surface area contributed by atoms with Crippen LogP contribution in [0.3, 0.4) is 0 Å². The molecule has 0 saturated heterocycles. The number of carboxylic acid groups (broad SMARTS) is 1. The summed E-state index contributed by atoms with van der Waals surface area (Å²) in [6.07, 6.45) is 2.05. The van der Waals surface area contributed by atoms with Crippen molar-refractivity contribution in [2.75, 3.05) is 5.32 Å². The van der Waals surface area contributed by atoms with Crippen LogP contribution in [0.4, 0.5) is 5.69 Å². The minimum atomic E-state index is -0.756. The topological polar surface area (TPSA) is 66.4 Å². The van der Waals surface area contributed by atoms with Crippen LogP contribution in [0.5, 0.6) is 0 Å². The highest BCUT2D eigenvalue weighted by Gasteiger charge is 2.45. The van der Waals surface area contributed by atoms with E-state index < -0.39 is 5.97 Å². The van der Waals surface area contributed by atoms with Gasteiger partial charge in [-0.15, -0.1) is 0 Å². The molecule has 0 radical (unpaired) electrons. The van der Waals surface area contributed by atoms with E-state index >= 15 is 0 Å². The molecule has 2 rings (SSSR count). The molecule has 1 fully saturated rings. The molecular formula is C13H15NO3. The number of aliphatic carboxylic acids is 1. The summed E-state index contributed by atoms with van der Waals surface area (Å²) in [5.41, 5.74) is 1.63. The van der Waals surface area contributed by atoms with Crippen LogP contribution in [0.2, 0.25) is 0 Å². The Hall–Kier alpha value is -1.84. The molecule has 4 nitrogen and oxygen atoms in total. The van der Waals surface area contributed by atoms with Crippen molar-refractivity contribution in [3.8, 4) is 0 Å². The van der Waals surface area contributed by atoms with Gasteiger partial charge in [0, 0.05) is 18.0 Å². The van der Waals surface area contributed by atoms with Gasteiger partial charge in [-0.1, -0.05) is 12.1 Å². The van der Waals surface area contributed by atoms with Crippen LogP contribution in [-0.2, 0) is 15.0 Å². The van der Waals surface area contributed by atoms with Gasteiger partial charge in [0.05, 0.1) is 6.42 Å². The lowest BCUT2D eigenvalue weighted by Gasteiger charge is -2.13. The number of carbonyl (C=O) groups excluding carboxylic acids is 1. The molecule has 0 unspecified atom stereocenters. The number of benzene rings is 1. The minimum Gasteiger partial charge on any atom is -0.481 e. The third kappa shape index (κ3) is 2.64. The predicted molar refractivity (Wildman–Crippen MR) is 63.9 cm³/mol. The first-order chi connectivity index (χ1) is 8.02. The van der Waals surface area contributed by atoms with Crippen LogP contribution in [0, 0.1) is 0 Å². The first-order valence-corrected chi connectivity index (χ1v) is 5.62. The van der Waals surface area contributed by atoms with E-state index in [9.17, 15) is 9.59 Å². The molecule has 4 heteroatoms. The van der Waals surface area contributed by atoms with Crippen molar-refractivity contribution in [2.24, 2.45) is 0 Å². The summed E-state index contributed by atoms with van der Waals surface area (Å²) in [5, 5.41) is 11.6. The summed E-state index contributed by atoms with van der Waals surface area (Å²) in [6.45, 7) is 1.46. The van der Waals surface area contributed by atoms with Gasteiger partial charge in [-0.25, -0.2) is 0 Å². The number of hydrogen-bond donors (Lipinski definition) is 2. The summed E-state index contributed by atoms with van der Waals surface area (Å²) < 4.78 is 0. The summed E-state index contributed by atoms with van der Waals surface area (Å²) in [6, 6.07) is 7.44. The molecule has 1 aromatic rings. The molecule has 0 aromatic heterocycles. The van der Waals surface area contributed by atoms with Crippen molar-refractivity contribution in [3.63, 3.8) is 0 Å². The van der Waals surface area contributed by atoms with Crippen LogP contribution in [0.25, 0.3) is 0 Å². The zero-order valence-electron chi connectivity index (χ0n) is 9.69. The molecule has 2 N–H and O–H groups in total. The van der Waals surface area contributed by atoms with Crippen LogP contribution < -0.4 is 5.32 Å². The Labute approximate surface area is 99.6 Å². The fourth-order valence-electron chi connectivity index (χ4n) is 2.12. The normalized spacial score (nSPS) is 16.3. The van der Waals surface area contributed by atoms with E-state index in [-0.39, 0.29) is 17.7 Å². The van der Waals surface area contributed by atoms with E-state index in [1.165, 1.54) is 6.92 Å². The number of nitrogens with one attached hydrogen (secondary N) is 1. The van der Waals surface area contributed by atoms with Gasteiger partial charge < -0.3 is 10.4 Å². The van der Waals surface area contributed by atoms with Crippen LogP contribution in [-0.4, -0.2) is 17.0 Å². The Kier molecular flexibility index (Phi) is 2.88. The maximum absolute atomic E-state index is 10.9. The van der Waals surface area contributed by atoms with Crippen molar-refractivity contribution in [2.45, 2.75) is 31.6 Å². The molecule has 0 bridgehead atoms. The van der Waals surface area contributed by atoms with Gasteiger partial charge in [-0.3, -0.25) is 9.59 Å². The number of amides is 1. The molecule has 90 valence electrons. The molecule has 17 heavy (non-hydrogen) atoms. The lowest BCUT2D eigenvalue weighted by Crippen LogP contribution is -2.13. The number of rotatable bonds is 4. The quantitative estimate of drug-likeness (QED) is 0.837. The SMILES string of the molecule is CC(=O)Nc1ccc(C2(CC(=O)O)CC2)cc1. The van der Waals surface area contributed by atoms with Gasteiger partial charge in [0.25, 0.3) is 0 Å². The molecule has 1 aliphatic rings. The van der Waals surface area contributed by atoms with Gasteiger partial charge in [0.15, 0.2) is 0 Å². The van der Waals surface area contributed by atoms with Crippen molar-refractivity contribution in [3.05, 3.63) is 29.8 Å². The standard InChI is InChI=1S/C13H15NO3/c1-9(15)14-11-4-2-10(3-5-11)13(6-7-13)8-12(16)17/h2-5H,6-8H2,1H3,(H,14,15)(H,16,17). The third-order valence-electron chi connectivity index (χ3n) is 3.16. The second kappa shape index (κ2) is 4.20. The summed E-state index contributed by atoms with van der Waals surface area (Å²) in [4.78, 5) is 21.6. The van der Waals surface area contributed by atoms with E-state index in [0.29, 0.717) is 0 Å². The van der Waals surface area contributed by atoms with E-state index in [2.05, 4.69) is 5.32 Å². The fourth-order valence-corrected chi connectivity index (χ4v) is 2.12. The third-order valence-corrected chi connectivity index (χ3v) is 3.16. The number of hydrogen-bond acceptors (Lipinski definition) is 2. The lowest BCUT2D eigenvalue weighted by molar-refractivity contribution is -0.137. The lowest BCUT2D eigenvalue weighted by atomic mass is 9.92. The van der Waals surface area contributed by atoms with Crippen molar-refractivity contribution in [1.29, 1.82) is 0 Å². The van der Waals surface area contributed by atoms with Gasteiger partial charge in [0.1, 0.15) is 0 Å². The molecule has 0 heterocycles. The zero-order chi connectivity index (χ0) is 12.5. The van der Waals surface area contributed by atoms with Crippen molar-refractivity contribution in [1.82, 2.24) is 0 Å². The summed E-state index contributed by atoms with van der Waals surface area (Å²) in [5.74, 6) is -0.863. The van der Waals surface area contributed by atoms with E-state index in [0.717, 1.165) is 24.1 Å². The van der Waals surface area contributed by atoms with Crippen molar-refractivity contribution >= 4 is 17.6 Å². The Morgan fingerprint density at radius 1 is 1.29 bits per heavy atom. The largest absolute Gasteiger partial charge is 0.481 e. The number of carbonyl (C=O) groups is 2. The van der Waals surface area contributed by atoms with Gasteiger partial charge >= 0.3 is 5.97 Å². The Morgan fingerprint density at radius 3 is 2.29 bits per heavy atom. The van der Waals surface area contributed by atoms with E-state index in [1.807, 2.05) is 24.3 Å². The first kappa shape index (κ1) is 11.6. The van der Waals surface area contributed by atoms with Crippen LogP contribution in [0.15, 0.2) is 24.3 Å². The summed E-state index contributed by atoms with van der Waals surface area (Å²) in [7, 11) is 0. The van der Waals surface area contributed by atoms with E-state index in [1.54, 1.807) is 0 Å². The average molecular weight is 233 g/mol. The Balaban J connectivity index is 2.13. The summed E-state index contributed by atoms with van der Waals surface area (Å²) >= 11 is 0. The predicted octanol–water partition coefficient (Wildman–Crippen LogP) is 2.15. The monoisotopic (exact) mass is 233 g/mol. The molecule has 1 aliphatic carbocycles. The van der Waals surface area contributed by atoms with Gasteiger partial charge in [0.2, 0.25) is 5.91 Å². The second-order valence-electron chi connectivity index (χ2n) is 4.61. The smallest absolute Gasteiger partial charge is 0.304 e. The van der Waals surface area contributed by atoms with Crippen LogP contribution in [0.1, 0.15) is 31.7 Å². The second-order valence-corrected chi connectivity index (χ2v) is 4.61. The molecule has 1 aromatic carbocycles. The van der Waals surface area contributed by atoms with E-state index in [4.69, 9.17) is 5.11 Å². The highest BCUT2D eigenvalue weighted by Crippen LogP contribution is 2.51. The molecule has 0 spiro atoms. The maximum atomic E-state index is 10.9. The van der Waals surface area contributed by atoms with Gasteiger partial charge in [-0.2, -0.15) is 0 Å². The fraction of sp³-hybridized carbons (Fsp3) is 0.385. The van der Waals surface area contributed by atoms with Crippen molar-refractivity contribution < 1.29 is 14.7 Å². The van der Waals surface area contributed by atoms with Crippen LogP contribution >= 0.6 is 0 Å². The molecule has 0 atom stereocenters. The minimum absolute atomic E-state index is 0.107. The maximum Gasteiger partial charge on any atom is 0.304 e. The highest BCUT2D eigenvalue weighted by molar-refractivity contribution is 5.88. The zero-order valence-corrected chi connectivity index (χ0v) is 9.69. The number of anilines is 1. The molecule has 1 amide bonds. The number of carboxylic acids is 1.